The van der Waals surface area contributed by atoms with Crippen molar-refractivity contribution in [2.45, 2.75) is 48.0 Å². The van der Waals surface area contributed by atoms with Crippen molar-refractivity contribution in [1.82, 2.24) is 5.32 Å². The third kappa shape index (κ3) is 4.56. The Bertz CT molecular complexity index is 469. The lowest BCUT2D eigenvalue weighted by Crippen LogP contribution is -2.45. The average Bonchev–Trinajstić information content (AvgIpc) is 2.42. The van der Waals surface area contributed by atoms with Crippen LogP contribution in [0.4, 0.5) is 4.39 Å². The minimum Gasteiger partial charge on any atom is -0.351 e. The van der Waals surface area contributed by atoms with Gasteiger partial charge in [0.25, 0.3) is 5.91 Å². The van der Waals surface area contributed by atoms with E-state index in [0.29, 0.717) is 29.9 Å². The van der Waals surface area contributed by atoms with Crippen LogP contribution in [0.15, 0.2) is 24.3 Å². The predicted molar refractivity (Wildman–Crippen MR) is 90.3 cm³/mol. The van der Waals surface area contributed by atoms with Crippen molar-refractivity contribution in [3.05, 3.63) is 35.6 Å². The molecule has 0 aliphatic heterocycles. The quantitative estimate of drug-likeness (QED) is 0.762. The summed E-state index contributed by atoms with van der Waals surface area (Å²) in [6.45, 7) is 14.0. The standard InChI is InChI=1S/C19H30FNO/c1-13(2)11-19(14(3)4,15(5)6)12-21-18(22)16-7-9-17(20)10-8-16/h7-10,13-15H,11-12H2,1-6H3,(H,21,22). The van der Waals surface area contributed by atoms with Crippen LogP contribution in [-0.4, -0.2) is 12.5 Å². The Kier molecular flexibility index (Phi) is 6.58. The molecule has 1 rings (SSSR count). The Morgan fingerprint density at radius 1 is 1.05 bits per heavy atom. The molecule has 0 atom stereocenters. The van der Waals surface area contributed by atoms with Gasteiger partial charge in [0.05, 0.1) is 0 Å². The summed E-state index contributed by atoms with van der Waals surface area (Å²) in [5.74, 6) is 1.07. The lowest BCUT2D eigenvalue weighted by Gasteiger charge is -2.43. The van der Waals surface area contributed by atoms with Crippen LogP contribution in [0.25, 0.3) is 0 Å². The first-order valence-electron chi connectivity index (χ1n) is 8.22. The van der Waals surface area contributed by atoms with Gasteiger partial charge in [-0.2, -0.15) is 0 Å². The molecular formula is C19H30FNO. The van der Waals surface area contributed by atoms with Crippen molar-refractivity contribution in [3.63, 3.8) is 0 Å². The number of nitrogens with one attached hydrogen (secondary N) is 1. The summed E-state index contributed by atoms with van der Waals surface area (Å²) in [5.41, 5.74) is 0.580. The smallest absolute Gasteiger partial charge is 0.251 e. The molecule has 0 bridgehead atoms. The van der Waals surface area contributed by atoms with Crippen LogP contribution in [0.2, 0.25) is 0 Å². The zero-order valence-corrected chi connectivity index (χ0v) is 14.7. The van der Waals surface area contributed by atoms with E-state index in [4.69, 9.17) is 0 Å². The molecule has 3 heteroatoms. The van der Waals surface area contributed by atoms with E-state index in [2.05, 4.69) is 46.9 Å². The fraction of sp³-hybridized carbons (Fsp3) is 0.632. The van der Waals surface area contributed by atoms with Crippen LogP contribution in [0.1, 0.15) is 58.3 Å². The third-order valence-corrected chi connectivity index (χ3v) is 4.77. The maximum Gasteiger partial charge on any atom is 0.251 e. The summed E-state index contributed by atoms with van der Waals surface area (Å²) in [6, 6.07) is 5.70. The summed E-state index contributed by atoms with van der Waals surface area (Å²) >= 11 is 0. The normalized spacial score (nSPS) is 12.3. The number of hydrogen-bond acceptors (Lipinski definition) is 1. The molecule has 1 N–H and O–H groups in total. The highest BCUT2D eigenvalue weighted by Gasteiger charge is 2.37. The molecule has 22 heavy (non-hydrogen) atoms. The van der Waals surface area contributed by atoms with Gasteiger partial charge >= 0.3 is 0 Å². The van der Waals surface area contributed by atoms with Crippen LogP contribution in [0.5, 0.6) is 0 Å². The first-order chi connectivity index (χ1) is 10.2. The van der Waals surface area contributed by atoms with E-state index in [1.165, 1.54) is 24.3 Å². The maximum absolute atomic E-state index is 12.9. The lowest BCUT2D eigenvalue weighted by molar-refractivity contribution is 0.0685. The molecule has 0 radical (unpaired) electrons. The highest BCUT2D eigenvalue weighted by Crippen LogP contribution is 2.41. The monoisotopic (exact) mass is 307 g/mol. The van der Waals surface area contributed by atoms with Gasteiger partial charge in [-0.3, -0.25) is 4.79 Å². The lowest BCUT2D eigenvalue weighted by atomic mass is 9.64. The summed E-state index contributed by atoms with van der Waals surface area (Å²) in [7, 11) is 0. The van der Waals surface area contributed by atoms with Crippen molar-refractivity contribution in [2.75, 3.05) is 6.54 Å². The molecule has 0 aliphatic rings. The zero-order valence-electron chi connectivity index (χ0n) is 14.7. The largest absolute Gasteiger partial charge is 0.351 e. The summed E-state index contributed by atoms with van der Waals surface area (Å²) in [4.78, 5) is 12.3. The van der Waals surface area contributed by atoms with E-state index in [1.807, 2.05) is 0 Å². The van der Waals surface area contributed by atoms with Crippen LogP contribution in [0, 0.1) is 29.0 Å². The van der Waals surface area contributed by atoms with Crippen LogP contribution in [0.3, 0.4) is 0 Å². The second-order valence-electron chi connectivity index (χ2n) is 7.33. The molecule has 0 spiro atoms. The topological polar surface area (TPSA) is 29.1 Å². The predicted octanol–water partition coefficient (Wildman–Crippen LogP) is 4.90. The van der Waals surface area contributed by atoms with Gasteiger partial charge in [-0.25, -0.2) is 4.39 Å². The number of halogens is 1. The van der Waals surface area contributed by atoms with Crippen molar-refractivity contribution in [3.8, 4) is 0 Å². The number of hydrogen-bond donors (Lipinski definition) is 1. The van der Waals surface area contributed by atoms with E-state index in [-0.39, 0.29) is 17.1 Å². The maximum atomic E-state index is 12.9. The Morgan fingerprint density at radius 3 is 1.95 bits per heavy atom. The van der Waals surface area contributed by atoms with Gasteiger partial charge in [0, 0.05) is 12.1 Å². The first kappa shape index (κ1) is 18.7. The van der Waals surface area contributed by atoms with Gasteiger partial charge in [-0.1, -0.05) is 41.5 Å². The fourth-order valence-corrected chi connectivity index (χ4v) is 3.33. The number of benzene rings is 1. The molecule has 0 saturated heterocycles. The van der Waals surface area contributed by atoms with Crippen LogP contribution < -0.4 is 5.32 Å². The Balaban J connectivity index is 2.86. The number of carbonyl (C=O) groups is 1. The third-order valence-electron chi connectivity index (χ3n) is 4.77. The average molecular weight is 307 g/mol. The molecule has 0 aromatic heterocycles. The summed E-state index contributed by atoms with van der Waals surface area (Å²) in [5, 5.41) is 3.07. The Morgan fingerprint density at radius 2 is 1.55 bits per heavy atom. The highest BCUT2D eigenvalue weighted by molar-refractivity contribution is 5.94. The first-order valence-corrected chi connectivity index (χ1v) is 8.22. The second-order valence-corrected chi connectivity index (χ2v) is 7.33. The SMILES string of the molecule is CC(C)CC(CNC(=O)c1ccc(F)cc1)(C(C)C)C(C)C. The minimum atomic E-state index is -0.324. The van der Waals surface area contributed by atoms with Crippen LogP contribution in [-0.2, 0) is 0 Å². The number of rotatable bonds is 7. The highest BCUT2D eigenvalue weighted by atomic mass is 19.1. The fourth-order valence-electron chi connectivity index (χ4n) is 3.33. The molecule has 0 unspecified atom stereocenters. The molecule has 1 aromatic carbocycles. The Labute approximate surface area is 134 Å². The van der Waals surface area contributed by atoms with E-state index in [1.54, 1.807) is 0 Å². The van der Waals surface area contributed by atoms with Gasteiger partial charge in [0.15, 0.2) is 0 Å². The second kappa shape index (κ2) is 7.75. The van der Waals surface area contributed by atoms with Crippen molar-refractivity contribution in [1.29, 1.82) is 0 Å². The van der Waals surface area contributed by atoms with E-state index in [9.17, 15) is 9.18 Å². The molecular weight excluding hydrogens is 277 g/mol. The minimum absolute atomic E-state index is 0.0733. The van der Waals surface area contributed by atoms with E-state index < -0.39 is 0 Å². The summed E-state index contributed by atoms with van der Waals surface area (Å²) in [6.07, 6.45) is 1.08. The van der Waals surface area contributed by atoms with E-state index >= 15 is 0 Å². The zero-order chi connectivity index (χ0) is 16.9. The van der Waals surface area contributed by atoms with Crippen molar-refractivity contribution in [2.24, 2.45) is 23.2 Å². The Hall–Kier alpha value is -1.38. The molecule has 0 heterocycles. The van der Waals surface area contributed by atoms with Gasteiger partial charge in [-0.15, -0.1) is 0 Å². The van der Waals surface area contributed by atoms with Crippen molar-refractivity contribution >= 4 is 5.91 Å². The van der Waals surface area contributed by atoms with Gasteiger partial charge in [-0.05, 0) is 53.9 Å². The molecule has 0 fully saturated rings. The van der Waals surface area contributed by atoms with Gasteiger partial charge in [0.1, 0.15) is 5.82 Å². The number of amides is 1. The van der Waals surface area contributed by atoms with Gasteiger partial charge < -0.3 is 5.32 Å². The molecule has 2 nitrogen and oxygen atoms in total. The molecule has 0 aliphatic carbocycles. The molecule has 124 valence electrons. The molecule has 0 saturated carbocycles. The van der Waals surface area contributed by atoms with Crippen LogP contribution >= 0.6 is 0 Å². The summed E-state index contributed by atoms with van der Waals surface area (Å²) < 4.78 is 12.9. The molecule has 1 amide bonds. The van der Waals surface area contributed by atoms with E-state index in [0.717, 1.165) is 6.42 Å². The van der Waals surface area contributed by atoms with Crippen molar-refractivity contribution < 1.29 is 9.18 Å². The number of carbonyl (C=O) groups excluding carboxylic acids is 1. The van der Waals surface area contributed by atoms with Gasteiger partial charge in [0.2, 0.25) is 0 Å². The molecule has 1 aromatic rings.